The number of aliphatic hydroxyl groups is 1. The molecule has 0 aliphatic heterocycles. The first kappa shape index (κ1) is 18.2. The SMILES string of the molecule is CC1CCCCC1N(C)C(=O)CN(C)CC(O)C(F)(F)F. The first-order chi connectivity index (χ1) is 9.62. The number of likely N-dealkylation sites (N-methyl/N-ethyl adjacent to an activating group) is 2. The molecule has 3 atom stereocenters. The second-order valence-electron chi connectivity index (χ2n) is 6.09. The Morgan fingerprint density at radius 1 is 1.29 bits per heavy atom. The van der Waals surface area contributed by atoms with Gasteiger partial charge in [0.25, 0.3) is 0 Å². The zero-order valence-electron chi connectivity index (χ0n) is 12.9. The molecule has 3 unspecified atom stereocenters. The number of rotatable bonds is 5. The third kappa shape index (κ3) is 5.47. The number of halogens is 3. The molecule has 0 heterocycles. The minimum atomic E-state index is -4.65. The van der Waals surface area contributed by atoms with E-state index < -0.39 is 18.8 Å². The highest BCUT2D eigenvalue weighted by molar-refractivity contribution is 5.78. The Balaban J connectivity index is 2.48. The van der Waals surface area contributed by atoms with Gasteiger partial charge in [-0.3, -0.25) is 9.69 Å². The number of amides is 1. The Hall–Kier alpha value is -0.820. The van der Waals surface area contributed by atoms with Crippen LogP contribution in [0.25, 0.3) is 0 Å². The number of hydrogen-bond acceptors (Lipinski definition) is 3. The molecule has 1 rings (SSSR count). The molecule has 1 aliphatic carbocycles. The molecule has 0 saturated heterocycles. The molecule has 0 spiro atoms. The van der Waals surface area contributed by atoms with Gasteiger partial charge in [-0.05, 0) is 25.8 Å². The van der Waals surface area contributed by atoms with Crippen LogP contribution in [0, 0.1) is 5.92 Å². The van der Waals surface area contributed by atoms with Crippen molar-refractivity contribution in [1.29, 1.82) is 0 Å². The fourth-order valence-electron chi connectivity index (χ4n) is 2.86. The Morgan fingerprint density at radius 2 is 1.86 bits per heavy atom. The van der Waals surface area contributed by atoms with Crippen LogP contribution < -0.4 is 0 Å². The van der Waals surface area contributed by atoms with Gasteiger partial charge in [-0.2, -0.15) is 13.2 Å². The first-order valence-electron chi connectivity index (χ1n) is 7.32. The van der Waals surface area contributed by atoms with Gasteiger partial charge in [0.15, 0.2) is 6.10 Å². The predicted molar refractivity (Wildman–Crippen MR) is 73.7 cm³/mol. The van der Waals surface area contributed by atoms with Crippen molar-refractivity contribution in [1.82, 2.24) is 9.80 Å². The first-order valence-corrected chi connectivity index (χ1v) is 7.32. The van der Waals surface area contributed by atoms with E-state index in [4.69, 9.17) is 5.11 Å². The third-order valence-corrected chi connectivity index (χ3v) is 4.22. The van der Waals surface area contributed by atoms with Crippen LogP contribution in [-0.2, 0) is 4.79 Å². The van der Waals surface area contributed by atoms with Crippen molar-refractivity contribution >= 4 is 5.91 Å². The van der Waals surface area contributed by atoms with E-state index in [1.807, 2.05) is 0 Å². The van der Waals surface area contributed by atoms with Crippen LogP contribution in [0.5, 0.6) is 0 Å². The van der Waals surface area contributed by atoms with Gasteiger partial charge in [0.2, 0.25) is 5.91 Å². The van der Waals surface area contributed by atoms with Gasteiger partial charge in [0, 0.05) is 19.6 Å². The summed E-state index contributed by atoms with van der Waals surface area (Å²) in [5.74, 6) is 0.212. The number of aliphatic hydroxyl groups excluding tert-OH is 1. The molecule has 0 aromatic carbocycles. The summed E-state index contributed by atoms with van der Waals surface area (Å²) in [7, 11) is 3.12. The standard InChI is InChI=1S/C14H25F3N2O2/c1-10-6-4-5-7-11(10)19(3)13(21)9-18(2)8-12(20)14(15,16)17/h10-12,20H,4-9H2,1-3H3. The maximum atomic E-state index is 12.3. The molecule has 124 valence electrons. The lowest BCUT2D eigenvalue weighted by molar-refractivity contribution is -0.207. The van der Waals surface area contributed by atoms with Crippen LogP contribution in [-0.4, -0.2) is 66.3 Å². The van der Waals surface area contributed by atoms with Gasteiger partial charge in [0.1, 0.15) is 0 Å². The predicted octanol–water partition coefficient (Wildman–Crippen LogP) is 1.88. The van der Waals surface area contributed by atoms with Crippen molar-refractivity contribution in [2.24, 2.45) is 5.92 Å². The monoisotopic (exact) mass is 310 g/mol. The second-order valence-corrected chi connectivity index (χ2v) is 6.09. The fraction of sp³-hybridized carbons (Fsp3) is 0.929. The second kappa shape index (κ2) is 7.45. The minimum absolute atomic E-state index is 0.118. The van der Waals surface area contributed by atoms with Crippen molar-refractivity contribution in [3.63, 3.8) is 0 Å². The van der Waals surface area contributed by atoms with Crippen LogP contribution in [0.1, 0.15) is 32.6 Å². The summed E-state index contributed by atoms with van der Waals surface area (Å²) in [6, 6.07) is 0.159. The highest BCUT2D eigenvalue weighted by atomic mass is 19.4. The van der Waals surface area contributed by atoms with E-state index in [2.05, 4.69) is 6.92 Å². The molecule has 0 bridgehead atoms. The molecule has 21 heavy (non-hydrogen) atoms. The van der Waals surface area contributed by atoms with Crippen LogP contribution >= 0.6 is 0 Å². The van der Waals surface area contributed by atoms with Gasteiger partial charge >= 0.3 is 6.18 Å². The zero-order valence-corrected chi connectivity index (χ0v) is 12.9. The lowest BCUT2D eigenvalue weighted by atomic mass is 9.85. The van der Waals surface area contributed by atoms with E-state index in [-0.39, 0.29) is 18.5 Å². The minimum Gasteiger partial charge on any atom is -0.382 e. The highest BCUT2D eigenvalue weighted by Gasteiger charge is 2.39. The average Bonchev–Trinajstić information content (AvgIpc) is 2.37. The van der Waals surface area contributed by atoms with Crippen LogP contribution in [0.2, 0.25) is 0 Å². The Labute approximate surface area is 123 Å². The Kier molecular flexibility index (Phi) is 6.46. The van der Waals surface area contributed by atoms with E-state index in [0.717, 1.165) is 25.7 Å². The van der Waals surface area contributed by atoms with Crippen molar-refractivity contribution < 1.29 is 23.1 Å². The molecule has 1 aliphatic rings. The van der Waals surface area contributed by atoms with E-state index >= 15 is 0 Å². The van der Waals surface area contributed by atoms with Crippen molar-refractivity contribution in [3.8, 4) is 0 Å². The molecule has 7 heteroatoms. The van der Waals surface area contributed by atoms with Crippen LogP contribution in [0.3, 0.4) is 0 Å². The van der Waals surface area contributed by atoms with Crippen molar-refractivity contribution in [2.45, 2.75) is 50.9 Å². The summed E-state index contributed by atoms with van der Waals surface area (Å²) in [4.78, 5) is 15.0. The third-order valence-electron chi connectivity index (χ3n) is 4.22. The normalized spacial score (nSPS) is 25.0. The molecular weight excluding hydrogens is 285 g/mol. The lowest BCUT2D eigenvalue weighted by Gasteiger charge is -2.37. The maximum Gasteiger partial charge on any atom is 0.415 e. The highest BCUT2D eigenvalue weighted by Crippen LogP contribution is 2.27. The number of carbonyl (C=O) groups is 1. The van der Waals surface area contributed by atoms with Crippen molar-refractivity contribution in [2.75, 3.05) is 27.2 Å². The summed E-state index contributed by atoms with van der Waals surface area (Å²) in [6.45, 7) is 1.39. The number of alkyl halides is 3. The largest absolute Gasteiger partial charge is 0.415 e. The van der Waals surface area contributed by atoms with Gasteiger partial charge < -0.3 is 10.0 Å². The fourth-order valence-corrected chi connectivity index (χ4v) is 2.86. The summed E-state index contributed by atoms with van der Waals surface area (Å²) >= 11 is 0. The molecule has 0 aromatic rings. The Bertz CT molecular complexity index is 350. The average molecular weight is 310 g/mol. The number of hydrogen-bond donors (Lipinski definition) is 1. The number of carbonyl (C=O) groups excluding carboxylic acids is 1. The van der Waals surface area contributed by atoms with E-state index in [9.17, 15) is 18.0 Å². The quantitative estimate of drug-likeness (QED) is 0.843. The molecule has 0 aromatic heterocycles. The molecule has 1 fully saturated rings. The van der Waals surface area contributed by atoms with Gasteiger partial charge in [-0.15, -0.1) is 0 Å². The Morgan fingerprint density at radius 3 is 2.38 bits per heavy atom. The summed E-state index contributed by atoms with van der Waals surface area (Å²) in [5.41, 5.74) is 0. The van der Waals surface area contributed by atoms with E-state index in [0.29, 0.717) is 5.92 Å². The van der Waals surface area contributed by atoms with E-state index in [1.54, 1.807) is 11.9 Å². The molecule has 1 N–H and O–H groups in total. The molecular formula is C14H25F3N2O2. The number of nitrogens with zero attached hydrogens (tertiary/aromatic N) is 2. The molecule has 1 amide bonds. The maximum absolute atomic E-state index is 12.3. The topological polar surface area (TPSA) is 43.8 Å². The summed E-state index contributed by atoms with van der Waals surface area (Å²) in [5, 5.41) is 9.01. The molecule has 0 radical (unpaired) electrons. The van der Waals surface area contributed by atoms with Crippen LogP contribution in [0.15, 0.2) is 0 Å². The smallest absolute Gasteiger partial charge is 0.382 e. The van der Waals surface area contributed by atoms with Crippen molar-refractivity contribution in [3.05, 3.63) is 0 Å². The van der Waals surface area contributed by atoms with Crippen LogP contribution in [0.4, 0.5) is 13.2 Å². The molecule has 1 saturated carbocycles. The van der Waals surface area contributed by atoms with Gasteiger partial charge in [-0.25, -0.2) is 0 Å². The summed E-state index contributed by atoms with van der Waals surface area (Å²) < 4.78 is 36.8. The molecule has 4 nitrogen and oxygen atoms in total. The zero-order chi connectivity index (χ0) is 16.2. The van der Waals surface area contributed by atoms with Gasteiger partial charge in [-0.1, -0.05) is 19.8 Å². The summed E-state index contributed by atoms with van der Waals surface area (Å²) in [6.07, 6.45) is -2.81. The van der Waals surface area contributed by atoms with Gasteiger partial charge in [0.05, 0.1) is 6.54 Å². The van der Waals surface area contributed by atoms with E-state index in [1.165, 1.54) is 11.9 Å². The lowest BCUT2D eigenvalue weighted by Crippen LogP contribution is -2.48.